The van der Waals surface area contributed by atoms with E-state index < -0.39 is 0 Å². The fourth-order valence-corrected chi connectivity index (χ4v) is 1.18. The summed E-state index contributed by atoms with van der Waals surface area (Å²) in [5.41, 5.74) is 3.32. The summed E-state index contributed by atoms with van der Waals surface area (Å²) in [6, 6.07) is 10.1. The van der Waals surface area contributed by atoms with Crippen molar-refractivity contribution in [2.24, 2.45) is 0 Å². The molecule has 0 fully saturated rings. The molecular formula is C14H17N. The van der Waals surface area contributed by atoms with E-state index in [0.717, 1.165) is 17.0 Å². The lowest BCUT2D eigenvalue weighted by Crippen LogP contribution is -1.96. The summed E-state index contributed by atoms with van der Waals surface area (Å²) in [6.45, 7) is 7.77. The number of anilines is 1. The molecule has 0 aliphatic carbocycles. The maximum atomic E-state index is 3.73. The van der Waals surface area contributed by atoms with Gasteiger partial charge >= 0.3 is 0 Å². The zero-order valence-corrected chi connectivity index (χ0v) is 9.33. The fraction of sp³-hybridized carbons (Fsp3) is 0.143. The van der Waals surface area contributed by atoms with Gasteiger partial charge in [0, 0.05) is 11.4 Å². The van der Waals surface area contributed by atoms with Crippen LogP contribution in [0, 0.1) is 0 Å². The van der Waals surface area contributed by atoms with Gasteiger partial charge in [-0.2, -0.15) is 0 Å². The molecule has 1 rings (SSSR count). The van der Waals surface area contributed by atoms with Crippen molar-refractivity contribution < 1.29 is 0 Å². The molecule has 1 aromatic rings. The first kappa shape index (κ1) is 11.3. The second-order valence-corrected chi connectivity index (χ2v) is 3.33. The number of hydrogen-bond acceptors (Lipinski definition) is 1. The molecule has 0 atom stereocenters. The van der Waals surface area contributed by atoms with Crippen molar-refractivity contribution in [2.75, 3.05) is 5.32 Å². The van der Waals surface area contributed by atoms with Crippen LogP contribution in [0.3, 0.4) is 0 Å². The number of nitrogens with one attached hydrogen (secondary N) is 1. The molecule has 0 saturated carbocycles. The predicted molar refractivity (Wildman–Crippen MR) is 67.8 cm³/mol. The van der Waals surface area contributed by atoms with Crippen molar-refractivity contribution in [3.05, 3.63) is 66.4 Å². The molecule has 1 N–H and O–H groups in total. The highest BCUT2D eigenvalue weighted by atomic mass is 14.9. The molecule has 1 aromatic carbocycles. The Kier molecular flexibility index (Phi) is 4.42. The molecule has 15 heavy (non-hydrogen) atoms. The van der Waals surface area contributed by atoms with E-state index in [2.05, 4.69) is 18.0 Å². The first-order valence-electron chi connectivity index (χ1n) is 5.05. The van der Waals surface area contributed by atoms with Crippen LogP contribution in [0.5, 0.6) is 0 Å². The average molecular weight is 199 g/mol. The number of benzene rings is 1. The Balaban J connectivity index is 2.76. The maximum Gasteiger partial charge on any atom is 0.0384 e. The van der Waals surface area contributed by atoms with Gasteiger partial charge in [0.15, 0.2) is 0 Å². The summed E-state index contributed by atoms with van der Waals surface area (Å²) in [5, 5.41) is 3.33. The van der Waals surface area contributed by atoms with E-state index in [4.69, 9.17) is 0 Å². The lowest BCUT2D eigenvalue weighted by atomic mass is 10.2. The molecule has 1 heteroatoms. The van der Waals surface area contributed by atoms with E-state index in [-0.39, 0.29) is 0 Å². The summed E-state index contributed by atoms with van der Waals surface area (Å²) in [7, 11) is 0. The minimum absolute atomic E-state index is 1.08. The second kappa shape index (κ2) is 5.86. The number of rotatable bonds is 4. The fourth-order valence-electron chi connectivity index (χ4n) is 1.18. The van der Waals surface area contributed by atoms with Gasteiger partial charge in [0.05, 0.1) is 0 Å². The Labute approximate surface area is 91.8 Å². The van der Waals surface area contributed by atoms with Crippen LogP contribution < -0.4 is 5.32 Å². The normalized spacial score (nSPS) is 12.4. The summed E-state index contributed by atoms with van der Waals surface area (Å²) in [5.74, 6) is 0. The average Bonchev–Trinajstić information content (AvgIpc) is 2.29. The van der Waals surface area contributed by atoms with Crippen molar-refractivity contribution in [1.29, 1.82) is 0 Å². The van der Waals surface area contributed by atoms with Gasteiger partial charge < -0.3 is 5.32 Å². The third kappa shape index (κ3) is 3.86. The van der Waals surface area contributed by atoms with E-state index in [0.29, 0.717) is 0 Å². The lowest BCUT2D eigenvalue weighted by Gasteiger charge is -2.07. The molecule has 0 spiro atoms. The monoisotopic (exact) mass is 199 g/mol. The Morgan fingerprint density at radius 2 is 1.93 bits per heavy atom. The van der Waals surface area contributed by atoms with Gasteiger partial charge in [-0.25, -0.2) is 0 Å². The molecule has 78 valence electrons. The molecule has 0 aliphatic rings. The van der Waals surface area contributed by atoms with Gasteiger partial charge in [-0.15, -0.1) is 0 Å². The third-order valence-corrected chi connectivity index (χ3v) is 2.08. The van der Waals surface area contributed by atoms with Gasteiger partial charge in [0.1, 0.15) is 0 Å². The Morgan fingerprint density at radius 1 is 1.27 bits per heavy atom. The maximum absolute atomic E-state index is 3.73. The number of hydrogen-bond donors (Lipinski definition) is 1. The highest BCUT2D eigenvalue weighted by Crippen LogP contribution is 2.11. The second-order valence-electron chi connectivity index (χ2n) is 3.33. The molecule has 1 nitrogen and oxygen atoms in total. The molecule has 0 aromatic heterocycles. The van der Waals surface area contributed by atoms with Gasteiger partial charge in [-0.1, -0.05) is 36.9 Å². The van der Waals surface area contributed by atoms with Crippen molar-refractivity contribution in [1.82, 2.24) is 0 Å². The molecule has 0 bridgehead atoms. The van der Waals surface area contributed by atoms with Crippen LogP contribution in [0.4, 0.5) is 5.69 Å². The number of allylic oxidation sites excluding steroid dienone is 4. The van der Waals surface area contributed by atoms with Crippen LogP contribution >= 0.6 is 0 Å². The SMILES string of the molecule is C=C/C(C)=C\C(=C/C)Nc1ccccc1. The lowest BCUT2D eigenvalue weighted by molar-refractivity contribution is 1.40. The van der Waals surface area contributed by atoms with Gasteiger partial charge in [0.2, 0.25) is 0 Å². The quantitative estimate of drug-likeness (QED) is 0.719. The van der Waals surface area contributed by atoms with Crippen LogP contribution in [-0.4, -0.2) is 0 Å². The molecule has 0 aliphatic heterocycles. The van der Waals surface area contributed by atoms with E-state index in [1.807, 2.05) is 56.3 Å². The van der Waals surface area contributed by atoms with Crippen molar-refractivity contribution in [3.63, 3.8) is 0 Å². The first-order valence-corrected chi connectivity index (χ1v) is 5.05. The molecule has 0 saturated heterocycles. The molecule has 0 amide bonds. The van der Waals surface area contributed by atoms with Crippen molar-refractivity contribution in [2.45, 2.75) is 13.8 Å². The van der Waals surface area contributed by atoms with Gasteiger partial charge in [-0.3, -0.25) is 0 Å². The minimum Gasteiger partial charge on any atom is -0.356 e. The Hall–Kier alpha value is -1.76. The summed E-state index contributed by atoms with van der Waals surface area (Å²) < 4.78 is 0. The molecule has 0 radical (unpaired) electrons. The minimum atomic E-state index is 1.08. The smallest absolute Gasteiger partial charge is 0.0384 e. The summed E-state index contributed by atoms with van der Waals surface area (Å²) >= 11 is 0. The largest absolute Gasteiger partial charge is 0.356 e. The highest BCUT2D eigenvalue weighted by molar-refractivity contribution is 5.51. The molecule has 0 heterocycles. The Morgan fingerprint density at radius 3 is 2.47 bits per heavy atom. The number of para-hydroxylation sites is 1. The van der Waals surface area contributed by atoms with E-state index >= 15 is 0 Å². The standard InChI is InChI=1S/C14H17N/c1-4-12(3)11-13(5-2)15-14-9-7-6-8-10-14/h4-11,15H,1H2,2-3H3/b12-11-,13-5+. The summed E-state index contributed by atoms with van der Waals surface area (Å²) in [4.78, 5) is 0. The third-order valence-electron chi connectivity index (χ3n) is 2.08. The van der Waals surface area contributed by atoms with Crippen LogP contribution in [0.25, 0.3) is 0 Å². The predicted octanol–water partition coefficient (Wildman–Crippen LogP) is 4.13. The molecular weight excluding hydrogens is 182 g/mol. The van der Waals surface area contributed by atoms with Crippen LogP contribution in [0.15, 0.2) is 66.4 Å². The Bertz CT molecular complexity index is 372. The van der Waals surface area contributed by atoms with E-state index in [1.54, 1.807) is 0 Å². The first-order chi connectivity index (χ1) is 7.26. The van der Waals surface area contributed by atoms with Crippen molar-refractivity contribution in [3.8, 4) is 0 Å². The van der Waals surface area contributed by atoms with Gasteiger partial charge in [0.25, 0.3) is 0 Å². The zero-order chi connectivity index (χ0) is 11.1. The van der Waals surface area contributed by atoms with Crippen LogP contribution in [0.1, 0.15) is 13.8 Å². The van der Waals surface area contributed by atoms with E-state index in [1.165, 1.54) is 0 Å². The topological polar surface area (TPSA) is 12.0 Å². The van der Waals surface area contributed by atoms with Crippen LogP contribution in [-0.2, 0) is 0 Å². The van der Waals surface area contributed by atoms with E-state index in [9.17, 15) is 0 Å². The van der Waals surface area contributed by atoms with Crippen molar-refractivity contribution >= 4 is 5.69 Å². The summed E-state index contributed by atoms with van der Waals surface area (Å²) in [6.07, 6.45) is 5.95. The zero-order valence-electron chi connectivity index (χ0n) is 9.33. The highest BCUT2D eigenvalue weighted by Gasteiger charge is 1.92. The van der Waals surface area contributed by atoms with Gasteiger partial charge in [-0.05, 0) is 37.6 Å². The van der Waals surface area contributed by atoms with Crippen LogP contribution in [0.2, 0.25) is 0 Å². The molecule has 0 unspecified atom stereocenters.